The summed E-state index contributed by atoms with van der Waals surface area (Å²) < 4.78 is 4.37. The molecule has 0 radical (unpaired) electrons. The second-order valence-electron chi connectivity index (χ2n) is 2.11. The molecular weight excluding hydrogens is 160 g/mol. The van der Waals surface area contributed by atoms with Crippen LogP contribution in [0.25, 0.3) is 0 Å². The maximum atomic E-state index is 10.2. The van der Waals surface area contributed by atoms with Crippen LogP contribution in [0.4, 0.5) is 4.79 Å². The SMILES string of the molecule is O=C=C1C=CC=CC1OC(=O)O. The van der Waals surface area contributed by atoms with Gasteiger partial charge in [-0.15, -0.1) is 0 Å². The molecule has 0 aliphatic heterocycles. The average Bonchev–Trinajstić information content (AvgIpc) is 2.04. The number of rotatable bonds is 1. The predicted molar refractivity (Wildman–Crippen MR) is 40.4 cm³/mol. The van der Waals surface area contributed by atoms with E-state index in [1.165, 1.54) is 12.2 Å². The molecule has 4 heteroatoms. The highest BCUT2D eigenvalue weighted by molar-refractivity contribution is 5.65. The zero-order valence-corrected chi connectivity index (χ0v) is 6.06. The van der Waals surface area contributed by atoms with Crippen molar-refractivity contribution >= 4 is 12.1 Å². The van der Waals surface area contributed by atoms with Crippen molar-refractivity contribution in [3.8, 4) is 0 Å². The van der Waals surface area contributed by atoms with Gasteiger partial charge in [-0.3, -0.25) is 0 Å². The van der Waals surface area contributed by atoms with Crippen LogP contribution in [0, 0.1) is 0 Å². The van der Waals surface area contributed by atoms with Crippen LogP contribution in [-0.4, -0.2) is 23.3 Å². The van der Waals surface area contributed by atoms with E-state index in [4.69, 9.17) is 5.11 Å². The van der Waals surface area contributed by atoms with Gasteiger partial charge in [0.25, 0.3) is 0 Å². The fourth-order valence-corrected chi connectivity index (χ4v) is 0.826. The predicted octanol–water partition coefficient (Wildman–Crippen LogP) is 0.934. The minimum atomic E-state index is -1.41. The molecular formula is C8H6O4. The summed E-state index contributed by atoms with van der Waals surface area (Å²) in [4.78, 5) is 20.3. The molecule has 1 N–H and O–H groups in total. The first-order valence-electron chi connectivity index (χ1n) is 3.23. The molecule has 1 aliphatic rings. The van der Waals surface area contributed by atoms with E-state index in [-0.39, 0.29) is 5.57 Å². The number of allylic oxidation sites excluding steroid dienone is 2. The topological polar surface area (TPSA) is 63.6 Å². The van der Waals surface area contributed by atoms with Gasteiger partial charge in [0, 0.05) is 0 Å². The van der Waals surface area contributed by atoms with Crippen molar-refractivity contribution in [3.63, 3.8) is 0 Å². The van der Waals surface area contributed by atoms with Crippen LogP contribution in [0.3, 0.4) is 0 Å². The third-order valence-electron chi connectivity index (χ3n) is 1.32. The Balaban J connectivity index is 2.76. The van der Waals surface area contributed by atoms with Crippen molar-refractivity contribution in [2.24, 2.45) is 0 Å². The maximum absolute atomic E-state index is 10.2. The quantitative estimate of drug-likeness (QED) is 0.465. The molecule has 0 aromatic rings. The van der Waals surface area contributed by atoms with Crippen molar-refractivity contribution < 1.29 is 19.4 Å². The van der Waals surface area contributed by atoms with E-state index in [0.29, 0.717) is 0 Å². The number of carbonyl (C=O) groups is 1. The van der Waals surface area contributed by atoms with Crippen LogP contribution in [0.5, 0.6) is 0 Å². The van der Waals surface area contributed by atoms with Gasteiger partial charge in [0.1, 0.15) is 5.94 Å². The molecule has 0 aromatic heterocycles. The van der Waals surface area contributed by atoms with Gasteiger partial charge in [-0.05, 0) is 12.2 Å². The average molecular weight is 166 g/mol. The normalized spacial score (nSPS) is 20.3. The first-order chi connectivity index (χ1) is 5.74. The summed E-state index contributed by atoms with van der Waals surface area (Å²) in [5.41, 5.74) is 0.180. The van der Waals surface area contributed by atoms with Gasteiger partial charge in [-0.2, -0.15) is 0 Å². The van der Waals surface area contributed by atoms with Crippen molar-refractivity contribution in [1.82, 2.24) is 0 Å². The van der Waals surface area contributed by atoms with Crippen molar-refractivity contribution in [2.75, 3.05) is 0 Å². The van der Waals surface area contributed by atoms with Crippen LogP contribution in [0.2, 0.25) is 0 Å². The summed E-state index contributed by atoms with van der Waals surface area (Å²) in [7, 11) is 0. The Morgan fingerprint density at radius 2 is 2.33 bits per heavy atom. The molecule has 0 heterocycles. The van der Waals surface area contributed by atoms with Gasteiger partial charge in [0.15, 0.2) is 6.10 Å². The summed E-state index contributed by atoms with van der Waals surface area (Å²) in [6, 6.07) is 0. The van der Waals surface area contributed by atoms with Gasteiger partial charge in [0.2, 0.25) is 0 Å². The van der Waals surface area contributed by atoms with Crippen LogP contribution >= 0.6 is 0 Å². The van der Waals surface area contributed by atoms with E-state index in [0.717, 1.165) is 0 Å². The first kappa shape index (κ1) is 8.30. The molecule has 0 fully saturated rings. The lowest BCUT2D eigenvalue weighted by atomic mass is 10.1. The zero-order valence-electron chi connectivity index (χ0n) is 6.06. The van der Waals surface area contributed by atoms with Crippen molar-refractivity contribution in [3.05, 3.63) is 29.9 Å². The standard InChI is InChI=1S/C8H6O4/c9-5-6-3-1-2-4-7(6)12-8(10)11/h1-4,7H,(H,10,11). The number of carbonyl (C=O) groups excluding carboxylic acids is 1. The molecule has 4 nitrogen and oxygen atoms in total. The molecule has 1 aliphatic carbocycles. The second-order valence-corrected chi connectivity index (χ2v) is 2.11. The highest BCUT2D eigenvalue weighted by Crippen LogP contribution is 2.11. The largest absolute Gasteiger partial charge is 0.506 e. The lowest BCUT2D eigenvalue weighted by molar-refractivity contribution is 0.0811. The lowest BCUT2D eigenvalue weighted by Gasteiger charge is -2.11. The summed E-state index contributed by atoms with van der Waals surface area (Å²) in [6.07, 6.45) is 3.92. The Kier molecular flexibility index (Phi) is 2.46. The van der Waals surface area contributed by atoms with Gasteiger partial charge >= 0.3 is 6.16 Å². The Morgan fingerprint density at radius 1 is 1.58 bits per heavy atom. The van der Waals surface area contributed by atoms with E-state index in [1.54, 1.807) is 18.1 Å². The summed E-state index contributed by atoms with van der Waals surface area (Å²) in [6.45, 7) is 0. The number of hydrogen-bond donors (Lipinski definition) is 1. The van der Waals surface area contributed by atoms with Gasteiger partial charge < -0.3 is 9.84 Å². The number of ether oxygens (including phenoxy) is 1. The van der Waals surface area contributed by atoms with Crippen molar-refractivity contribution in [1.29, 1.82) is 0 Å². The molecule has 1 rings (SSSR count). The molecule has 0 spiro atoms. The smallest absolute Gasteiger partial charge is 0.450 e. The van der Waals surface area contributed by atoms with E-state index in [9.17, 15) is 9.59 Å². The molecule has 0 saturated carbocycles. The minimum absolute atomic E-state index is 0.180. The van der Waals surface area contributed by atoms with Crippen LogP contribution in [0.15, 0.2) is 29.9 Å². The zero-order chi connectivity index (χ0) is 8.97. The first-order valence-corrected chi connectivity index (χ1v) is 3.23. The molecule has 62 valence electrons. The maximum Gasteiger partial charge on any atom is 0.506 e. The molecule has 1 unspecified atom stereocenters. The van der Waals surface area contributed by atoms with Crippen LogP contribution < -0.4 is 0 Å². The summed E-state index contributed by atoms with van der Waals surface area (Å²) in [5.74, 6) is 1.60. The van der Waals surface area contributed by atoms with Crippen molar-refractivity contribution in [2.45, 2.75) is 6.10 Å². The minimum Gasteiger partial charge on any atom is -0.450 e. The highest BCUT2D eigenvalue weighted by Gasteiger charge is 2.16. The fraction of sp³-hybridized carbons (Fsp3) is 0.125. The van der Waals surface area contributed by atoms with Gasteiger partial charge in [0.05, 0.1) is 5.57 Å². The second kappa shape index (κ2) is 3.55. The third kappa shape index (κ3) is 1.84. The fourth-order valence-electron chi connectivity index (χ4n) is 0.826. The summed E-state index contributed by atoms with van der Waals surface area (Å²) in [5, 5.41) is 8.26. The van der Waals surface area contributed by atoms with Crippen LogP contribution in [-0.2, 0) is 9.53 Å². The molecule has 1 atom stereocenters. The van der Waals surface area contributed by atoms with Gasteiger partial charge in [-0.1, -0.05) is 12.2 Å². The molecule has 12 heavy (non-hydrogen) atoms. The highest BCUT2D eigenvalue weighted by atomic mass is 16.7. The van der Waals surface area contributed by atoms with E-state index < -0.39 is 12.3 Å². The van der Waals surface area contributed by atoms with E-state index >= 15 is 0 Å². The molecule has 0 amide bonds. The van der Waals surface area contributed by atoms with Crippen LogP contribution in [0.1, 0.15) is 0 Å². The Morgan fingerprint density at radius 3 is 2.92 bits per heavy atom. The number of carboxylic acid groups (broad SMARTS) is 1. The lowest BCUT2D eigenvalue weighted by Crippen LogP contribution is -2.17. The monoisotopic (exact) mass is 166 g/mol. The molecule has 0 bridgehead atoms. The van der Waals surface area contributed by atoms with Gasteiger partial charge in [-0.25, -0.2) is 9.59 Å². The van der Waals surface area contributed by atoms with E-state index in [2.05, 4.69) is 4.74 Å². The Labute approximate surface area is 68.5 Å². The number of hydrogen-bond acceptors (Lipinski definition) is 3. The van der Waals surface area contributed by atoms with E-state index in [1.807, 2.05) is 0 Å². The Bertz CT molecular complexity index is 294. The third-order valence-corrected chi connectivity index (χ3v) is 1.32. The molecule has 0 saturated heterocycles. The molecule has 0 aromatic carbocycles. The Hall–Kier alpha value is -1.80. The summed E-state index contributed by atoms with van der Waals surface area (Å²) >= 11 is 0.